The molecule has 2 rings (SSSR count). The molecule has 2 nitrogen and oxygen atoms in total. The molecule has 1 heterocycles. The van der Waals surface area contributed by atoms with Crippen molar-refractivity contribution in [3.63, 3.8) is 0 Å². The SMILES string of the molecule is CC1(c2ccc(F)cc2Cl)CNC(=O)C1. The fraction of sp³-hybridized carbons (Fsp3) is 0.364. The van der Waals surface area contributed by atoms with Crippen molar-refractivity contribution in [2.75, 3.05) is 6.54 Å². The minimum atomic E-state index is -0.357. The average molecular weight is 228 g/mol. The first-order chi connectivity index (χ1) is 7.01. The van der Waals surface area contributed by atoms with Crippen LogP contribution in [0.15, 0.2) is 18.2 Å². The van der Waals surface area contributed by atoms with Crippen molar-refractivity contribution < 1.29 is 9.18 Å². The van der Waals surface area contributed by atoms with E-state index in [-0.39, 0.29) is 17.1 Å². The van der Waals surface area contributed by atoms with Gasteiger partial charge in [0.05, 0.1) is 0 Å². The first kappa shape index (κ1) is 10.4. The number of carbonyl (C=O) groups excluding carboxylic acids is 1. The second kappa shape index (κ2) is 3.49. The number of hydrogen-bond acceptors (Lipinski definition) is 1. The van der Waals surface area contributed by atoms with E-state index in [4.69, 9.17) is 11.6 Å². The number of nitrogens with one attached hydrogen (secondary N) is 1. The molecule has 0 saturated carbocycles. The highest BCUT2D eigenvalue weighted by molar-refractivity contribution is 6.31. The van der Waals surface area contributed by atoms with Crippen molar-refractivity contribution in [3.05, 3.63) is 34.6 Å². The minimum absolute atomic E-state index is 0.0119. The van der Waals surface area contributed by atoms with Gasteiger partial charge in [-0.1, -0.05) is 24.6 Å². The highest BCUT2D eigenvalue weighted by Gasteiger charge is 2.36. The molecule has 80 valence electrons. The van der Waals surface area contributed by atoms with Gasteiger partial charge in [-0.05, 0) is 17.7 Å². The molecule has 0 radical (unpaired) electrons. The van der Waals surface area contributed by atoms with E-state index in [1.54, 1.807) is 6.07 Å². The zero-order valence-corrected chi connectivity index (χ0v) is 9.07. The summed E-state index contributed by atoms with van der Waals surface area (Å²) < 4.78 is 12.9. The molecular weight excluding hydrogens is 217 g/mol. The number of benzene rings is 1. The molecule has 1 amide bonds. The van der Waals surface area contributed by atoms with Gasteiger partial charge >= 0.3 is 0 Å². The van der Waals surface area contributed by atoms with Crippen molar-refractivity contribution in [1.82, 2.24) is 5.32 Å². The first-order valence-corrected chi connectivity index (χ1v) is 5.11. The maximum Gasteiger partial charge on any atom is 0.220 e. The van der Waals surface area contributed by atoms with Gasteiger partial charge in [0.1, 0.15) is 5.82 Å². The van der Waals surface area contributed by atoms with Crippen LogP contribution in [0, 0.1) is 5.82 Å². The summed E-state index contributed by atoms with van der Waals surface area (Å²) in [5, 5.41) is 3.14. The molecule has 0 aliphatic carbocycles. The summed E-state index contributed by atoms with van der Waals surface area (Å²) in [5.74, 6) is -0.345. The summed E-state index contributed by atoms with van der Waals surface area (Å²) in [6.45, 7) is 2.50. The second-order valence-corrected chi connectivity index (χ2v) is 4.55. The Bertz CT molecular complexity index is 421. The quantitative estimate of drug-likeness (QED) is 0.784. The molecule has 1 saturated heterocycles. The summed E-state index contributed by atoms with van der Waals surface area (Å²) in [4.78, 5) is 11.2. The monoisotopic (exact) mass is 227 g/mol. The lowest BCUT2D eigenvalue weighted by atomic mass is 9.82. The molecule has 0 bridgehead atoms. The minimum Gasteiger partial charge on any atom is -0.355 e. The Balaban J connectivity index is 2.41. The summed E-state index contributed by atoms with van der Waals surface area (Å²) in [6.07, 6.45) is 0.401. The Morgan fingerprint density at radius 1 is 1.53 bits per heavy atom. The fourth-order valence-electron chi connectivity index (χ4n) is 1.94. The highest BCUT2D eigenvalue weighted by Crippen LogP contribution is 2.35. The van der Waals surface area contributed by atoms with Gasteiger partial charge < -0.3 is 5.32 Å². The lowest BCUT2D eigenvalue weighted by molar-refractivity contribution is -0.119. The summed E-state index contributed by atoms with van der Waals surface area (Å²) >= 11 is 5.97. The van der Waals surface area contributed by atoms with Crippen LogP contribution in [0.3, 0.4) is 0 Å². The topological polar surface area (TPSA) is 29.1 Å². The number of amides is 1. The van der Waals surface area contributed by atoms with Gasteiger partial charge in [-0.3, -0.25) is 4.79 Å². The zero-order valence-electron chi connectivity index (χ0n) is 8.31. The van der Waals surface area contributed by atoms with Crippen molar-refractivity contribution >= 4 is 17.5 Å². The van der Waals surface area contributed by atoms with Gasteiger partial charge in [0.15, 0.2) is 0 Å². The van der Waals surface area contributed by atoms with Crippen LogP contribution in [0.1, 0.15) is 18.9 Å². The van der Waals surface area contributed by atoms with Crippen LogP contribution < -0.4 is 5.32 Å². The number of hydrogen-bond donors (Lipinski definition) is 1. The molecule has 1 aliphatic rings. The van der Waals surface area contributed by atoms with Gasteiger partial charge in [-0.25, -0.2) is 4.39 Å². The third-order valence-corrected chi connectivity index (χ3v) is 3.12. The largest absolute Gasteiger partial charge is 0.355 e. The summed E-state index contributed by atoms with van der Waals surface area (Å²) in [6, 6.07) is 4.30. The van der Waals surface area contributed by atoms with Gasteiger partial charge in [0.25, 0.3) is 0 Å². The van der Waals surface area contributed by atoms with E-state index in [1.807, 2.05) is 6.92 Å². The Morgan fingerprint density at radius 3 is 2.80 bits per heavy atom. The summed E-state index contributed by atoms with van der Waals surface area (Å²) in [7, 11) is 0. The van der Waals surface area contributed by atoms with Crippen LogP contribution in [-0.2, 0) is 10.2 Å². The number of carbonyl (C=O) groups is 1. The van der Waals surface area contributed by atoms with Crippen LogP contribution in [0.25, 0.3) is 0 Å². The maximum absolute atomic E-state index is 12.9. The van der Waals surface area contributed by atoms with E-state index < -0.39 is 0 Å². The van der Waals surface area contributed by atoms with Crippen LogP contribution in [0.2, 0.25) is 5.02 Å². The van der Waals surface area contributed by atoms with E-state index in [9.17, 15) is 9.18 Å². The summed E-state index contributed by atoms with van der Waals surface area (Å²) in [5.41, 5.74) is 0.505. The van der Waals surface area contributed by atoms with Crippen molar-refractivity contribution in [2.24, 2.45) is 0 Å². The lowest BCUT2D eigenvalue weighted by Gasteiger charge is -2.23. The molecule has 1 unspecified atom stereocenters. The van der Waals surface area contributed by atoms with E-state index in [1.165, 1.54) is 12.1 Å². The average Bonchev–Trinajstić information content (AvgIpc) is 2.46. The van der Waals surface area contributed by atoms with Crippen molar-refractivity contribution in [3.8, 4) is 0 Å². The van der Waals surface area contributed by atoms with E-state index >= 15 is 0 Å². The molecule has 1 aliphatic heterocycles. The molecule has 1 atom stereocenters. The number of halogens is 2. The van der Waals surface area contributed by atoms with Crippen molar-refractivity contribution in [2.45, 2.75) is 18.8 Å². The van der Waals surface area contributed by atoms with Crippen molar-refractivity contribution in [1.29, 1.82) is 0 Å². The fourth-order valence-corrected chi connectivity index (χ4v) is 2.34. The van der Waals surface area contributed by atoms with Gasteiger partial charge in [0, 0.05) is 23.4 Å². The zero-order chi connectivity index (χ0) is 11.1. The Morgan fingerprint density at radius 2 is 2.27 bits per heavy atom. The lowest BCUT2D eigenvalue weighted by Crippen LogP contribution is -2.25. The molecule has 1 N–H and O–H groups in total. The third-order valence-electron chi connectivity index (χ3n) is 2.81. The van der Waals surface area contributed by atoms with Gasteiger partial charge in [0.2, 0.25) is 5.91 Å². The Hall–Kier alpha value is -1.09. The number of rotatable bonds is 1. The first-order valence-electron chi connectivity index (χ1n) is 4.73. The molecule has 15 heavy (non-hydrogen) atoms. The second-order valence-electron chi connectivity index (χ2n) is 4.14. The molecular formula is C11H11ClFNO. The third kappa shape index (κ3) is 1.84. The molecule has 1 aromatic rings. The van der Waals surface area contributed by atoms with Crippen LogP contribution in [0.5, 0.6) is 0 Å². The van der Waals surface area contributed by atoms with Crippen LogP contribution >= 0.6 is 11.6 Å². The predicted molar refractivity (Wildman–Crippen MR) is 56.4 cm³/mol. The predicted octanol–water partition coefficient (Wildman–Crippen LogP) is 2.26. The molecule has 0 spiro atoms. The standard InChI is InChI=1S/C11H11ClFNO/c1-11(5-10(15)14-6-11)8-3-2-7(13)4-9(8)12/h2-4H,5-6H2,1H3,(H,14,15). The smallest absolute Gasteiger partial charge is 0.220 e. The van der Waals surface area contributed by atoms with E-state index in [0.717, 1.165) is 5.56 Å². The Kier molecular flexibility index (Phi) is 2.43. The normalized spacial score (nSPS) is 25.4. The van der Waals surface area contributed by atoms with Gasteiger partial charge in [-0.2, -0.15) is 0 Å². The molecule has 1 fully saturated rings. The van der Waals surface area contributed by atoms with E-state index in [2.05, 4.69) is 5.32 Å². The Labute approximate surface area is 92.4 Å². The van der Waals surface area contributed by atoms with Crippen LogP contribution in [0.4, 0.5) is 4.39 Å². The molecule has 4 heteroatoms. The highest BCUT2D eigenvalue weighted by atomic mass is 35.5. The molecule has 1 aromatic carbocycles. The van der Waals surface area contributed by atoms with Gasteiger partial charge in [-0.15, -0.1) is 0 Å². The van der Waals surface area contributed by atoms with Crippen LogP contribution in [-0.4, -0.2) is 12.5 Å². The van der Waals surface area contributed by atoms with E-state index in [0.29, 0.717) is 18.0 Å². The molecule has 0 aromatic heterocycles. The maximum atomic E-state index is 12.9.